The SMILES string of the molecule is c1cc(-c2ccc3oc4ccccc4c3c2)cc(-n2c3ccc(-c4ccc5oc6ccccc6c5c4)cc3c3cc(-c4ccc5oc6ccccc6c5c4)ccc32)c1. The van der Waals surface area contributed by atoms with Gasteiger partial charge in [0.2, 0.25) is 0 Å². The van der Waals surface area contributed by atoms with Crippen molar-refractivity contribution in [2.45, 2.75) is 0 Å². The van der Waals surface area contributed by atoms with Crippen LogP contribution in [-0.2, 0) is 0 Å². The van der Waals surface area contributed by atoms with E-state index < -0.39 is 0 Å². The van der Waals surface area contributed by atoms with Crippen LogP contribution in [0.2, 0.25) is 0 Å². The Kier molecular flexibility index (Phi) is 6.41. The van der Waals surface area contributed by atoms with Crippen molar-refractivity contribution in [2.24, 2.45) is 0 Å². The van der Waals surface area contributed by atoms with Crippen molar-refractivity contribution in [1.29, 1.82) is 0 Å². The van der Waals surface area contributed by atoms with Gasteiger partial charge in [0, 0.05) is 48.8 Å². The van der Waals surface area contributed by atoms with E-state index in [1.807, 2.05) is 36.4 Å². The lowest BCUT2D eigenvalue weighted by Gasteiger charge is -2.11. The monoisotopic (exact) mass is 741 g/mol. The number of benzene rings is 9. The minimum atomic E-state index is 0.898. The van der Waals surface area contributed by atoms with Gasteiger partial charge in [0.1, 0.15) is 33.5 Å². The summed E-state index contributed by atoms with van der Waals surface area (Å²) in [5.41, 5.74) is 15.7. The Labute approximate surface area is 331 Å². The molecule has 0 radical (unpaired) electrons. The third-order valence-electron chi connectivity index (χ3n) is 12.0. The quantitative estimate of drug-likeness (QED) is 0.180. The van der Waals surface area contributed by atoms with Crippen molar-refractivity contribution < 1.29 is 13.3 Å². The zero-order valence-corrected chi connectivity index (χ0v) is 31.1. The summed E-state index contributed by atoms with van der Waals surface area (Å²) in [7, 11) is 0. The molecule has 4 heteroatoms. The number of para-hydroxylation sites is 3. The van der Waals surface area contributed by atoms with E-state index in [1.54, 1.807) is 0 Å². The fraction of sp³-hybridized carbons (Fsp3) is 0. The third-order valence-corrected chi connectivity index (χ3v) is 12.0. The molecular weight excluding hydrogens is 711 g/mol. The van der Waals surface area contributed by atoms with Crippen LogP contribution >= 0.6 is 0 Å². The highest BCUT2D eigenvalue weighted by molar-refractivity contribution is 6.13. The summed E-state index contributed by atoms with van der Waals surface area (Å²) in [6.45, 7) is 0. The lowest BCUT2D eigenvalue weighted by molar-refractivity contribution is 0.668. The Morgan fingerprint density at radius 3 is 1.02 bits per heavy atom. The summed E-state index contributed by atoms with van der Waals surface area (Å²) < 4.78 is 20.9. The predicted molar refractivity (Wildman–Crippen MR) is 239 cm³/mol. The lowest BCUT2D eigenvalue weighted by Crippen LogP contribution is -1.94. The van der Waals surface area contributed by atoms with E-state index in [9.17, 15) is 0 Å². The van der Waals surface area contributed by atoms with Crippen LogP contribution in [0.3, 0.4) is 0 Å². The summed E-state index contributed by atoms with van der Waals surface area (Å²) in [6.07, 6.45) is 0. The molecule has 0 amide bonds. The van der Waals surface area contributed by atoms with Crippen molar-refractivity contribution in [2.75, 3.05) is 0 Å². The third kappa shape index (κ3) is 4.63. The lowest BCUT2D eigenvalue weighted by atomic mass is 9.98. The fourth-order valence-electron chi connectivity index (χ4n) is 9.20. The second-order valence-electron chi connectivity index (χ2n) is 15.3. The van der Waals surface area contributed by atoms with E-state index in [-0.39, 0.29) is 0 Å². The molecule has 4 heterocycles. The zero-order valence-electron chi connectivity index (χ0n) is 31.1. The van der Waals surface area contributed by atoms with Gasteiger partial charge in [-0.2, -0.15) is 0 Å². The number of hydrogen-bond acceptors (Lipinski definition) is 3. The normalized spacial score (nSPS) is 12.1. The predicted octanol–water partition coefficient (Wildman–Crippen LogP) is 15.5. The van der Waals surface area contributed by atoms with Crippen LogP contribution in [0.1, 0.15) is 0 Å². The van der Waals surface area contributed by atoms with Crippen molar-refractivity contribution in [3.05, 3.63) is 188 Å². The number of rotatable bonds is 4. The molecule has 13 aromatic rings. The Morgan fingerprint density at radius 2 is 0.586 bits per heavy atom. The molecule has 13 rings (SSSR count). The van der Waals surface area contributed by atoms with E-state index in [0.29, 0.717) is 0 Å². The Morgan fingerprint density at radius 1 is 0.241 bits per heavy atom. The van der Waals surface area contributed by atoms with E-state index in [4.69, 9.17) is 13.3 Å². The van der Waals surface area contributed by atoms with Crippen LogP contribution in [0.4, 0.5) is 0 Å². The van der Waals surface area contributed by atoms with E-state index >= 15 is 0 Å². The van der Waals surface area contributed by atoms with Gasteiger partial charge in [0.05, 0.1) is 11.0 Å². The van der Waals surface area contributed by atoms with Crippen molar-refractivity contribution in [3.8, 4) is 39.1 Å². The van der Waals surface area contributed by atoms with Gasteiger partial charge in [0.25, 0.3) is 0 Å². The first-order valence-electron chi connectivity index (χ1n) is 19.6. The zero-order chi connectivity index (χ0) is 37.9. The molecule has 58 heavy (non-hydrogen) atoms. The summed E-state index contributed by atoms with van der Waals surface area (Å²) in [6, 6.07) is 67.0. The average molecular weight is 742 g/mol. The van der Waals surface area contributed by atoms with Gasteiger partial charge in [0.15, 0.2) is 0 Å². The highest BCUT2D eigenvalue weighted by atomic mass is 16.3. The van der Waals surface area contributed by atoms with Crippen LogP contribution in [0.5, 0.6) is 0 Å². The maximum Gasteiger partial charge on any atom is 0.135 e. The molecule has 0 N–H and O–H groups in total. The van der Waals surface area contributed by atoms with Crippen molar-refractivity contribution in [1.82, 2.24) is 4.57 Å². The Balaban J connectivity index is 1.01. The van der Waals surface area contributed by atoms with Crippen molar-refractivity contribution >= 4 is 87.6 Å². The van der Waals surface area contributed by atoms with E-state index in [2.05, 4.69) is 156 Å². The minimum absolute atomic E-state index is 0.898. The molecule has 0 saturated heterocycles. The fourth-order valence-corrected chi connectivity index (χ4v) is 9.20. The molecule has 270 valence electrons. The number of aromatic nitrogens is 1. The molecule has 0 spiro atoms. The van der Waals surface area contributed by atoms with Gasteiger partial charge >= 0.3 is 0 Å². The van der Waals surface area contributed by atoms with Gasteiger partial charge in [-0.1, -0.05) is 97.1 Å². The largest absolute Gasteiger partial charge is 0.456 e. The van der Waals surface area contributed by atoms with E-state index in [1.165, 1.54) is 10.8 Å². The average Bonchev–Trinajstić information content (AvgIpc) is 4.04. The maximum absolute atomic E-state index is 6.19. The van der Waals surface area contributed by atoms with Crippen LogP contribution in [0.15, 0.2) is 201 Å². The smallest absolute Gasteiger partial charge is 0.135 e. The molecule has 0 aliphatic carbocycles. The Hall–Kier alpha value is -7.82. The van der Waals surface area contributed by atoms with Gasteiger partial charge in [-0.3, -0.25) is 0 Å². The number of nitrogens with zero attached hydrogens (tertiary/aromatic N) is 1. The summed E-state index contributed by atoms with van der Waals surface area (Å²) in [4.78, 5) is 0. The van der Waals surface area contributed by atoms with E-state index in [0.717, 1.165) is 116 Å². The molecule has 0 unspecified atom stereocenters. The number of furan rings is 3. The topological polar surface area (TPSA) is 44.4 Å². The maximum atomic E-state index is 6.19. The standard InChI is InChI=1S/C54H31NO3/c1-4-13-49-39(10-1)44-29-35(18-23-52(44)56-49)32-8-7-9-38(26-32)55-47-21-16-33(36-19-24-53-45(30-36)40-11-2-5-14-50(40)57-53)27-42(47)43-28-34(17-22-48(43)55)37-20-25-54-46(31-37)41-12-3-6-15-51(41)58-54/h1-31H. The first-order chi connectivity index (χ1) is 28.7. The van der Waals surface area contributed by atoms with Crippen LogP contribution in [0.25, 0.3) is 127 Å². The molecule has 0 aliphatic heterocycles. The summed E-state index contributed by atoms with van der Waals surface area (Å²) in [5.74, 6) is 0. The molecular formula is C54H31NO3. The molecule has 4 aromatic heterocycles. The van der Waals surface area contributed by atoms with Gasteiger partial charge < -0.3 is 17.8 Å². The van der Waals surface area contributed by atoms with Gasteiger partial charge in [-0.15, -0.1) is 0 Å². The number of hydrogen-bond donors (Lipinski definition) is 0. The van der Waals surface area contributed by atoms with Gasteiger partial charge in [-0.25, -0.2) is 0 Å². The second kappa shape index (κ2) is 11.8. The Bertz CT molecular complexity index is 3640. The van der Waals surface area contributed by atoms with Crippen LogP contribution in [0, 0.1) is 0 Å². The molecule has 0 aliphatic rings. The van der Waals surface area contributed by atoms with Gasteiger partial charge in [-0.05, 0) is 124 Å². The molecule has 0 fully saturated rings. The van der Waals surface area contributed by atoms with Crippen LogP contribution < -0.4 is 0 Å². The first-order valence-corrected chi connectivity index (χ1v) is 19.6. The molecule has 4 nitrogen and oxygen atoms in total. The molecule has 0 atom stereocenters. The molecule has 9 aromatic carbocycles. The second-order valence-corrected chi connectivity index (χ2v) is 15.3. The first kappa shape index (κ1) is 31.4. The highest BCUT2D eigenvalue weighted by Gasteiger charge is 2.18. The van der Waals surface area contributed by atoms with Crippen molar-refractivity contribution in [3.63, 3.8) is 0 Å². The summed E-state index contributed by atoms with van der Waals surface area (Å²) in [5, 5.41) is 9.14. The highest BCUT2D eigenvalue weighted by Crippen LogP contribution is 2.41. The number of fused-ring (bicyclic) bond motifs is 12. The molecule has 0 saturated carbocycles. The van der Waals surface area contributed by atoms with Crippen LogP contribution in [-0.4, -0.2) is 4.57 Å². The summed E-state index contributed by atoms with van der Waals surface area (Å²) >= 11 is 0. The molecule has 0 bridgehead atoms. The minimum Gasteiger partial charge on any atom is -0.456 e.